The first-order valence-electron chi connectivity index (χ1n) is 6.79. The molecule has 1 aromatic carbocycles. The van der Waals surface area contributed by atoms with Crippen molar-refractivity contribution >= 4 is 11.9 Å². The summed E-state index contributed by atoms with van der Waals surface area (Å²) in [5.74, 6) is 0.103. The fourth-order valence-corrected chi connectivity index (χ4v) is 3.03. The number of hydrogen-bond donors (Lipinski definition) is 0. The van der Waals surface area contributed by atoms with Crippen LogP contribution in [0, 0.1) is 0 Å². The Labute approximate surface area is 112 Å². The molecular weight excluding hydrogens is 242 g/mol. The zero-order valence-corrected chi connectivity index (χ0v) is 10.7. The topological polar surface area (TPSA) is 46.6 Å². The highest BCUT2D eigenvalue weighted by Crippen LogP contribution is 2.30. The number of rotatable bonds is 3. The molecule has 2 aliphatic rings. The number of nitrogens with zero attached hydrogens (tertiary/aromatic N) is 1. The fraction of sp³-hybridized carbons (Fsp3) is 0.467. The number of ketones is 1. The first-order chi connectivity index (χ1) is 9.25. The Morgan fingerprint density at radius 3 is 2.84 bits per heavy atom. The lowest BCUT2D eigenvalue weighted by molar-refractivity contribution is 0.0879. The molecule has 2 aliphatic heterocycles. The summed E-state index contributed by atoms with van der Waals surface area (Å²) in [6.45, 7) is 0.481. The van der Waals surface area contributed by atoms with Gasteiger partial charge in [0.15, 0.2) is 5.78 Å². The molecule has 0 N–H and O–H groups in total. The molecule has 0 spiro atoms. The second-order valence-corrected chi connectivity index (χ2v) is 5.22. The Balaban J connectivity index is 1.72. The maximum Gasteiger partial charge on any atom is 0.410 e. The summed E-state index contributed by atoms with van der Waals surface area (Å²) in [5, 5.41) is 0. The average Bonchev–Trinajstić information content (AvgIpc) is 2.83. The minimum absolute atomic E-state index is 0.00135. The van der Waals surface area contributed by atoms with Gasteiger partial charge in [0.2, 0.25) is 0 Å². The minimum Gasteiger partial charge on any atom is -0.447 e. The lowest BCUT2D eigenvalue weighted by Gasteiger charge is -2.34. The highest BCUT2D eigenvalue weighted by molar-refractivity contribution is 5.96. The van der Waals surface area contributed by atoms with Gasteiger partial charge in [-0.1, -0.05) is 30.3 Å². The Kier molecular flexibility index (Phi) is 3.23. The monoisotopic (exact) mass is 259 g/mol. The number of Topliss-reactive ketones (excluding diaryl/α,β-unsaturated/α-hetero) is 1. The molecule has 19 heavy (non-hydrogen) atoms. The Morgan fingerprint density at radius 1 is 1.26 bits per heavy atom. The summed E-state index contributed by atoms with van der Waals surface area (Å²) in [4.78, 5) is 25.7. The van der Waals surface area contributed by atoms with Gasteiger partial charge < -0.3 is 4.74 Å². The van der Waals surface area contributed by atoms with Gasteiger partial charge in [-0.05, 0) is 19.3 Å². The van der Waals surface area contributed by atoms with Crippen molar-refractivity contribution in [2.24, 2.45) is 0 Å². The highest BCUT2D eigenvalue weighted by atomic mass is 16.6. The average molecular weight is 259 g/mol. The molecule has 0 bridgehead atoms. The summed E-state index contributed by atoms with van der Waals surface area (Å²) in [6, 6.07) is 9.44. The molecule has 2 atom stereocenters. The number of hydrogen-bond acceptors (Lipinski definition) is 3. The second-order valence-electron chi connectivity index (χ2n) is 5.22. The first kappa shape index (κ1) is 12.2. The van der Waals surface area contributed by atoms with Crippen molar-refractivity contribution in [2.75, 3.05) is 6.61 Å². The van der Waals surface area contributed by atoms with Gasteiger partial charge in [0, 0.05) is 18.0 Å². The maximum absolute atomic E-state index is 12.2. The smallest absolute Gasteiger partial charge is 0.410 e. The molecule has 0 aliphatic carbocycles. The Hall–Kier alpha value is -1.84. The zero-order chi connectivity index (χ0) is 13.2. The molecule has 3 rings (SSSR count). The van der Waals surface area contributed by atoms with E-state index >= 15 is 0 Å². The van der Waals surface area contributed by atoms with E-state index < -0.39 is 0 Å². The molecule has 0 radical (unpaired) electrons. The largest absolute Gasteiger partial charge is 0.447 e. The second kappa shape index (κ2) is 5.03. The third-order valence-corrected chi connectivity index (χ3v) is 3.99. The highest BCUT2D eigenvalue weighted by Gasteiger charge is 2.41. The van der Waals surface area contributed by atoms with E-state index in [0.29, 0.717) is 13.0 Å². The standard InChI is InChI=1S/C15H17NO3/c17-14(11-5-2-1-3-6-11)9-12-7-4-8-13-10-19-15(18)16(12)13/h1-3,5-6,12-13H,4,7-10H2/t12-,13-/m0/s1. The van der Waals surface area contributed by atoms with E-state index in [1.165, 1.54) is 0 Å². The number of carbonyl (C=O) groups is 2. The van der Waals surface area contributed by atoms with Gasteiger partial charge >= 0.3 is 6.09 Å². The van der Waals surface area contributed by atoms with Crippen LogP contribution in [0.4, 0.5) is 4.79 Å². The van der Waals surface area contributed by atoms with Gasteiger partial charge in [0.1, 0.15) is 6.61 Å². The summed E-state index contributed by atoms with van der Waals surface area (Å²) in [5.41, 5.74) is 0.720. The van der Waals surface area contributed by atoms with Crippen LogP contribution in [-0.4, -0.2) is 35.5 Å². The molecule has 4 heteroatoms. The normalized spacial score (nSPS) is 25.9. The minimum atomic E-state index is -0.254. The van der Waals surface area contributed by atoms with Crippen LogP contribution < -0.4 is 0 Å². The van der Waals surface area contributed by atoms with Crippen LogP contribution in [0.1, 0.15) is 36.0 Å². The summed E-state index contributed by atoms with van der Waals surface area (Å²) in [6.07, 6.45) is 3.09. The van der Waals surface area contributed by atoms with Crippen molar-refractivity contribution in [1.82, 2.24) is 4.90 Å². The number of carbonyl (C=O) groups excluding carboxylic acids is 2. The van der Waals surface area contributed by atoms with E-state index in [4.69, 9.17) is 4.74 Å². The predicted molar refractivity (Wildman–Crippen MR) is 70.0 cm³/mol. The maximum atomic E-state index is 12.2. The molecule has 2 fully saturated rings. The summed E-state index contributed by atoms with van der Waals surface area (Å²) >= 11 is 0. The molecular formula is C15H17NO3. The van der Waals surface area contributed by atoms with Crippen molar-refractivity contribution in [2.45, 2.75) is 37.8 Å². The number of amides is 1. The molecule has 100 valence electrons. The van der Waals surface area contributed by atoms with Crippen LogP contribution >= 0.6 is 0 Å². The first-order valence-corrected chi connectivity index (χ1v) is 6.79. The molecule has 1 amide bonds. The van der Waals surface area contributed by atoms with Gasteiger partial charge in [-0.2, -0.15) is 0 Å². The number of benzene rings is 1. The number of fused-ring (bicyclic) bond motifs is 1. The van der Waals surface area contributed by atoms with Crippen molar-refractivity contribution in [3.05, 3.63) is 35.9 Å². The number of piperidine rings is 1. The van der Waals surface area contributed by atoms with Crippen molar-refractivity contribution in [1.29, 1.82) is 0 Å². The molecule has 0 aromatic heterocycles. The number of ether oxygens (including phenoxy) is 1. The lowest BCUT2D eigenvalue weighted by atomic mass is 9.92. The Morgan fingerprint density at radius 2 is 2.05 bits per heavy atom. The van der Waals surface area contributed by atoms with Crippen molar-refractivity contribution < 1.29 is 14.3 Å². The predicted octanol–water partition coefficient (Wildman–Crippen LogP) is 2.63. The molecule has 2 saturated heterocycles. The molecule has 2 heterocycles. The lowest BCUT2D eigenvalue weighted by Crippen LogP contribution is -2.46. The molecule has 4 nitrogen and oxygen atoms in total. The fourth-order valence-electron chi connectivity index (χ4n) is 3.03. The van der Waals surface area contributed by atoms with Crippen LogP contribution in [0.5, 0.6) is 0 Å². The van der Waals surface area contributed by atoms with Crippen LogP contribution in [0.15, 0.2) is 30.3 Å². The SMILES string of the molecule is O=C(C[C@@H]1CCC[C@H]2COC(=O)N21)c1ccccc1. The van der Waals surface area contributed by atoms with Gasteiger partial charge in [-0.15, -0.1) is 0 Å². The van der Waals surface area contributed by atoms with E-state index in [1.807, 2.05) is 30.3 Å². The Bertz CT molecular complexity index is 485. The van der Waals surface area contributed by atoms with E-state index in [0.717, 1.165) is 24.8 Å². The van der Waals surface area contributed by atoms with Crippen LogP contribution in [-0.2, 0) is 4.74 Å². The number of cyclic esters (lactones) is 1. The van der Waals surface area contributed by atoms with Crippen molar-refractivity contribution in [3.63, 3.8) is 0 Å². The van der Waals surface area contributed by atoms with Crippen LogP contribution in [0.3, 0.4) is 0 Å². The van der Waals surface area contributed by atoms with Gasteiger partial charge in [-0.3, -0.25) is 9.69 Å². The quantitative estimate of drug-likeness (QED) is 0.784. The molecule has 0 saturated carbocycles. The van der Waals surface area contributed by atoms with Gasteiger partial charge in [-0.25, -0.2) is 4.79 Å². The molecule has 1 aromatic rings. The molecule has 0 unspecified atom stereocenters. The van der Waals surface area contributed by atoms with Gasteiger partial charge in [0.05, 0.1) is 6.04 Å². The van der Waals surface area contributed by atoms with E-state index in [-0.39, 0.29) is 24.0 Å². The van der Waals surface area contributed by atoms with E-state index in [2.05, 4.69) is 0 Å². The van der Waals surface area contributed by atoms with E-state index in [1.54, 1.807) is 4.90 Å². The third kappa shape index (κ3) is 2.35. The summed E-state index contributed by atoms with van der Waals surface area (Å²) < 4.78 is 5.09. The van der Waals surface area contributed by atoms with Gasteiger partial charge in [0.25, 0.3) is 0 Å². The van der Waals surface area contributed by atoms with E-state index in [9.17, 15) is 9.59 Å². The van der Waals surface area contributed by atoms with Crippen molar-refractivity contribution in [3.8, 4) is 0 Å². The summed E-state index contributed by atoms with van der Waals surface area (Å²) in [7, 11) is 0. The van der Waals surface area contributed by atoms with Crippen LogP contribution in [0.2, 0.25) is 0 Å². The van der Waals surface area contributed by atoms with Crippen LogP contribution in [0.25, 0.3) is 0 Å². The zero-order valence-electron chi connectivity index (χ0n) is 10.7. The third-order valence-electron chi connectivity index (χ3n) is 3.99.